The zero-order chi connectivity index (χ0) is 20.3. The van der Waals surface area contributed by atoms with Gasteiger partial charge in [-0.2, -0.15) is 19.0 Å². The van der Waals surface area contributed by atoms with Gasteiger partial charge in [0, 0.05) is 24.8 Å². The fourth-order valence-corrected chi connectivity index (χ4v) is 2.96. The number of rotatable bonds is 7. The first kappa shape index (κ1) is 19.5. The summed E-state index contributed by atoms with van der Waals surface area (Å²) in [5, 5.41) is 14.2. The van der Waals surface area contributed by atoms with Crippen molar-refractivity contribution in [1.29, 1.82) is 0 Å². The first-order valence-corrected chi connectivity index (χ1v) is 8.73. The summed E-state index contributed by atoms with van der Waals surface area (Å²) in [7, 11) is 1.86. The number of nitrogens with zero attached hydrogens (tertiary/aromatic N) is 3. The molecule has 0 atom stereocenters. The van der Waals surface area contributed by atoms with Crippen molar-refractivity contribution in [3.63, 3.8) is 0 Å². The molecule has 28 heavy (non-hydrogen) atoms. The minimum Gasteiger partial charge on any atom is -0.435 e. The number of hydrogen-bond acceptors (Lipinski definition) is 4. The van der Waals surface area contributed by atoms with Gasteiger partial charge >= 0.3 is 6.61 Å². The monoisotopic (exact) mass is 389 g/mol. The van der Waals surface area contributed by atoms with Crippen LogP contribution >= 0.6 is 0 Å². The van der Waals surface area contributed by atoms with Crippen molar-refractivity contribution in [2.24, 2.45) is 7.05 Å². The molecule has 0 spiro atoms. The van der Waals surface area contributed by atoms with E-state index in [9.17, 15) is 13.6 Å². The Morgan fingerprint density at radius 1 is 1.29 bits per heavy atom. The standard InChI is InChI=1S/C19H21F2N5O2/c1-11-17(12(2)26(3)25-11)15-10-16(24-23-15)18(27)22-9-8-13-4-6-14(7-5-13)28-19(20)21/h4-7,10,19H,8-9H2,1-3H3,(H,22,27)(H,23,24). The molecule has 3 aromatic rings. The van der Waals surface area contributed by atoms with Crippen molar-refractivity contribution in [1.82, 2.24) is 25.3 Å². The molecule has 0 aliphatic heterocycles. The fraction of sp³-hybridized carbons (Fsp3) is 0.316. The molecule has 1 amide bonds. The number of hydrogen-bond donors (Lipinski definition) is 2. The number of ether oxygens (including phenoxy) is 1. The number of aromatic nitrogens is 4. The summed E-state index contributed by atoms with van der Waals surface area (Å²) in [4.78, 5) is 12.3. The molecule has 0 aliphatic carbocycles. The average molecular weight is 389 g/mol. The van der Waals surface area contributed by atoms with Gasteiger partial charge in [0.05, 0.1) is 11.4 Å². The predicted molar refractivity (Wildman–Crippen MR) is 99.4 cm³/mol. The van der Waals surface area contributed by atoms with E-state index in [-0.39, 0.29) is 11.7 Å². The van der Waals surface area contributed by atoms with Gasteiger partial charge in [-0.1, -0.05) is 12.1 Å². The van der Waals surface area contributed by atoms with Crippen LogP contribution in [0, 0.1) is 13.8 Å². The molecule has 0 saturated heterocycles. The smallest absolute Gasteiger partial charge is 0.387 e. The molecule has 0 unspecified atom stereocenters. The van der Waals surface area contributed by atoms with Crippen molar-refractivity contribution in [3.05, 3.63) is 53.0 Å². The first-order valence-electron chi connectivity index (χ1n) is 8.73. The minimum atomic E-state index is -2.84. The van der Waals surface area contributed by atoms with E-state index < -0.39 is 6.61 Å². The molecule has 7 nitrogen and oxygen atoms in total. The maximum atomic E-state index is 12.3. The average Bonchev–Trinajstić information content (AvgIpc) is 3.21. The first-order chi connectivity index (χ1) is 13.3. The van der Waals surface area contributed by atoms with Gasteiger partial charge in [0.2, 0.25) is 0 Å². The predicted octanol–water partition coefficient (Wildman–Crippen LogP) is 3.00. The number of carbonyl (C=O) groups excluding carboxylic acids is 1. The highest BCUT2D eigenvalue weighted by Gasteiger charge is 2.17. The second kappa shape index (κ2) is 8.20. The van der Waals surface area contributed by atoms with E-state index in [1.807, 2.05) is 20.9 Å². The largest absolute Gasteiger partial charge is 0.435 e. The molecule has 0 aliphatic rings. The van der Waals surface area contributed by atoms with Crippen molar-refractivity contribution >= 4 is 5.91 Å². The number of benzene rings is 1. The molecule has 2 heterocycles. The second-order valence-corrected chi connectivity index (χ2v) is 6.36. The van der Waals surface area contributed by atoms with E-state index in [1.54, 1.807) is 22.9 Å². The van der Waals surface area contributed by atoms with Crippen LogP contribution in [0.5, 0.6) is 5.75 Å². The van der Waals surface area contributed by atoms with Gasteiger partial charge in [-0.05, 0) is 44.0 Å². The van der Waals surface area contributed by atoms with Crippen LogP contribution in [0.3, 0.4) is 0 Å². The molecule has 1 aromatic carbocycles. The van der Waals surface area contributed by atoms with Crippen LogP contribution in [-0.2, 0) is 13.5 Å². The highest BCUT2D eigenvalue weighted by molar-refractivity contribution is 5.93. The number of aromatic amines is 1. The topological polar surface area (TPSA) is 84.8 Å². The number of halogens is 2. The van der Waals surface area contributed by atoms with Crippen molar-refractivity contribution in [2.75, 3.05) is 6.54 Å². The Morgan fingerprint density at radius 2 is 2.00 bits per heavy atom. The summed E-state index contributed by atoms with van der Waals surface area (Å²) in [5.74, 6) is -0.163. The van der Waals surface area contributed by atoms with Crippen LogP contribution in [0.25, 0.3) is 11.3 Å². The van der Waals surface area contributed by atoms with Gasteiger partial charge in [-0.15, -0.1) is 0 Å². The van der Waals surface area contributed by atoms with Gasteiger partial charge in [-0.3, -0.25) is 14.6 Å². The van der Waals surface area contributed by atoms with Crippen molar-refractivity contribution in [3.8, 4) is 17.0 Å². The van der Waals surface area contributed by atoms with E-state index in [0.717, 1.165) is 22.5 Å². The van der Waals surface area contributed by atoms with E-state index in [1.165, 1.54) is 12.1 Å². The highest BCUT2D eigenvalue weighted by atomic mass is 19.3. The quantitative estimate of drug-likeness (QED) is 0.651. The Kier molecular flexibility index (Phi) is 5.72. The molecule has 0 saturated carbocycles. The summed E-state index contributed by atoms with van der Waals surface area (Å²) < 4.78 is 30.4. The molecule has 0 fully saturated rings. The lowest BCUT2D eigenvalue weighted by atomic mass is 10.1. The Morgan fingerprint density at radius 3 is 2.61 bits per heavy atom. The van der Waals surface area contributed by atoms with Gasteiger partial charge in [-0.25, -0.2) is 0 Å². The molecule has 148 valence electrons. The summed E-state index contributed by atoms with van der Waals surface area (Å²) in [6.45, 7) is 1.40. The third-order valence-corrected chi connectivity index (χ3v) is 4.44. The number of aryl methyl sites for hydroxylation is 2. The molecule has 0 bridgehead atoms. The van der Waals surface area contributed by atoms with Crippen LogP contribution in [0.4, 0.5) is 8.78 Å². The summed E-state index contributed by atoms with van der Waals surface area (Å²) in [6.07, 6.45) is 0.558. The fourth-order valence-electron chi connectivity index (χ4n) is 2.96. The Hall–Kier alpha value is -3.23. The third kappa shape index (κ3) is 4.36. The van der Waals surface area contributed by atoms with E-state index in [2.05, 4.69) is 25.3 Å². The number of nitrogens with one attached hydrogen (secondary N) is 2. The van der Waals surface area contributed by atoms with E-state index >= 15 is 0 Å². The maximum absolute atomic E-state index is 12.3. The summed E-state index contributed by atoms with van der Waals surface area (Å²) >= 11 is 0. The molecule has 0 radical (unpaired) electrons. The Bertz CT molecular complexity index is 963. The molecule has 3 rings (SSSR count). The zero-order valence-electron chi connectivity index (χ0n) is 15.8. The SMILES string of the molecule is Cc1nn(C)c(C)c1-c1cc(C(=O)NCCc2ccc(OC(F)F)cc2)[nH]n1. The number of H-pyrrole nitrogens is 1. The summed E-state index contributed by atoms with van der Waals surface area (Å²) in [6, 6.07) is 8.02. The molecular formula is C19H21F2N5O2. The van der Waals surface area contributed by atoms with Crippen molar-refractivity contribution < 1.29 is 18.3 Å². The molecule has 2 N–H and O–H groups in total. The Balaban J connectivity index is 1.56. The van der Waals surface area contributed by atoms with Gasteiger partial charge < -0.3 is 10.1 Å². The lowest BCUT2D eigenvalue weighted by Gasteiger charge is -2.06. The number of alkyl halides is 2. The Labute approximate surface area is 160 Å². The van der Waals surface area contributed by atoms with E-state index in [4.69, 9.17) is 0 Å². The third-order valence-electron chi connectivity index (χ3n) is 4.44. The molecular weight excluding hydrogens is 368 g/mol. The zero-order valence-corrected chi connectivity index (χ0v) is 15.8. The van der Waals surface area contributed by atoms with Crippen LogP contribution in [0.1, 0.15) is 27.4 Å². The van der Waals surface area contributed by atoms with Gasteiger partial charge in [0.1, 0.15) is 11.4 Å². The number of carbonyl (C=O) groups is 1. The van der Waals surface area contributed by atoms with Crippen LogP contribution in [0.2, 0.25) is 0 Å². The molecule has 2 aromatic heterocycles. The van der Waals surface area contributed by atoms with Crippen molar-refractivity contribution in [2.45, 2.75) is 26.9 Å². The van der Waals surface area contributed by atoms with Crippen LogP contribution in [-0.4, -0.2) is 39.0 Å². The lowest BCUT2D eigenvalue weighted by Crippen LogP contribution is -2.26. The molecule has 9 heteroatoms. The van der Waals surface area contributed by atoms with Crippen LogP contribution < -0.4 is 10.1 Å². The number of amides is 1. The van der Waals surface area contributed by atoms with E-state index in [0.29, 0.717) is 24.4 Å². The van der Waals surface area contributed by atoms with Gasteiger partial charge in [0.25, 0.3) is 5.91 Å². The van der Waals surface area contributed by atoms with Crippen LogP contribution in [0.15, 0.2) is 30.3 Å². The summed E-state index contributed by atoms with van der Waals surface area (Å²) in [5.41, 5.74) is 4.65. The highest BCUT2D eigenvalue weighted by Crippen LogP contribution is 2.25. The normalized spacial score (nSPS) is 11.1. The minimum absolute atomic E-state index is 0.105. The van der Waals surface area contributed by atoms with Gasteiger partial charge in [0.15, 0.2) is 0 Å². The lowest BCUT2D eigenvalue weighted by molar-refractivity contribution is -0.0498. The second-order valence-electron chi connectivity index (χ2n) is 6.36. The maximum Gasteiger partial charge on any atom is 0.387 e.